The van der Waals surface area contributed by atoms with Crippen molar-refractivity contribution in [2.45, 2.75) is 24.6 Å². The second-order valence-electron chi connectivity index (χ2n) is 9.72. The van der Waals surface area contributed by atoms with Crippen molar-refractivity contribution in [1.82, 2.24) is 9.80 Å². The lowest BCUT2D eigenvalue weighted by Gasteiger charge is -2.24. The smallest absolute Gasteiger partial charge is 0.299 e. The number of rotatable bonds is 17. The van der Waals surface area contributed by atoms with E-state index in [1.165, 1.54) is 6.07 Å². The molecule has 0 atom stereocenters. The van der Waals surface area contributed by atoms with Gasteiger partial charge in [-0.3, -0.25) is 20.2 Å². The Hall–Kier alpha value is -3.20. The van der Waals surface area contributed by atoms with Gasteiger partial charge in [-0.25, -0.2) is 0 Å². The molecule has 3 rings (SSSR count). The van der Waals surface area contributed by atoms with Gasteiger partial charge in [0.25, 0.3) is 11.4 Å². The molecule has 0 amide bonds. The topological polar surface area (TPSA) is 148 Å². The van der Waals surface area contributed by atoms with Gasteiger partial charge in [0, 0.05) is 24.6 Å². The lowest BCUT2D eigenvalue weighted by molar-refractivity contribution is -0.393. The van der Waals surface area contributed by atoms with Crippen LogP contribution in [0.5, 0.6) is 0 Å². The minimum Gasteiger partial charge on any atom is -0.464 e. The quantitative estimate of drug-likeness (QED) is 0.0965. The zero-order chi connectivity index (χ0) is 29.2. The number of hydrogen-bond donors (Lipinski definition) is 1. The molecule has 12 nitrogen and oxygen atoms in total. The fourth-order valence-electron chi connectivity index (χ4n) is 3.98. The van der Waals surface area contributed by atoms with Gasteiger partial charge in [0.2, 0.25) is 0 Å². The van der Waals surface area contributed by atoms with Gasteiger partial charge in [-0.2, -0.15) is 23.5 Å². The number of anilines is 2. The third-order valence-corrected chi connectivity index (χ3v) is 7.66. The maximum Gasteiger partial charge on any atom is 0.299 e. The number of nitro groups is 2. The van der Waals surface area contributed by atoms with Crippen LogP contribution >= 0.6 is 23.5 Å². The summed E-state index contributed by atoms with van der Waals surface area (Å²) in [5, 5.41) is 23.2. The molecular weight excluding hydrogens is 556 g/mol. The van der Waals surface area contributed by atoms with Gasteiger partial charge in [0.15, 0.2) is 0 Å². The first kappa shape index (κ1) is 31.3. The zero-order valence-electron chi connectivity index (χ0n) is 23.2. The summed E-state index contributed by atoms with van der Waals surface area (Å²) in [6.45, 7) is 2.41. The Labute approximate surface area is 242 Å². The van der Waals surface area contributed by atoms with E-state index in [0.717, 1.165) is 42.2 Å². The van der Waals surface area contributed by atoms with Crippen LogP contribution in [0.15, 0.2) is 45.2 Å². The van der Waals surface area contributed by atoms with Crippen LogP contribution in [0.3, 0.4) is 0 Å². The average Bonchev–Trinajstić information content (AvgIpc) is 3.50. The first-order valence-electron chi connectivity index (χ1n) is 12.6. The van der Waals surface area contributed by atoms with Gasteiger partial charge in [0.05, 0.1) is 40.5 Å². The Bertz CT molecular complexity index is 1220. The van der Waals surface area contributed by atoms with Gasteiger partial charge in [-0.15, -0.1) is 0 Å². The predicted molar refractivity (Wildman–Crippen MR) is 161 cm³/mol. The molecular formula is C26H36N6O6S2. The Morgan fingerprint density at radius 1 is 0.750 bits per heavy atom. The highest BCUT2D eigenvalue weighted by atomic mass is 32.2. The van der Waals surface area contributed by atoms with Crippen molar-refractivity contribution in [3.05, 3.63) is 79.7 Å². The summed E-state index contributed by atoms with van der Waals surface area (Å²) < 4.78 is 11.7. The average molecular weight is 593 g/mol. The van der Waals surface area contributed by atoms with E-state index in [0.29, 0.717) is 36.1 Å². The number of hydrogen-bond acceptors (Lipinski definition) is 12. The van der Waals surface area contributed by atoms with E-state index in [9.17, 15) is 20.2 Å². The summed E-state index contributed by atoms with van der Waals surface area (Å²) >= 11 is 3.30. The predicted octanol–water partition coefficient (Wildman–Crippen LogP) is 5.07. The van der Waals surface area contributed by atoms with E-state index < -0.39 is 15.5 Å². The zero-order valence-corrected chi connectivity index (χ0v) is 24.8. The molecule has 218 valence electrons. The minimum absolute atomic E-state index is 0.107. The van der Waals surface area contributed by atoms with E-state index in [-0.39, 0.29) is 17.1 Å². The van der Waals surface area contributed by atoms with Gasteiger partial charge >= 0.3 is 0 Å². The van der Waals surface area contributed by atoms with E-state index in [1.807, 2.05) is 67.2 Å². The summed E-state index contributed by atoms with van der Waals surface area (Å²) in [6, 6.07) is 10.1. The normalized spacial score (nSPS) is 11.4. The molecule has 3 aromatic rings. The standard InChI is InChI=1S/C26H36N6O6S2/c1-28(2)15-19-5-7-21(37-19)17-39-11-9-30(10-12-40-18-22-8-6-20(38-22)16-29(3)4)25-13-23(27)24(31(33)34)14-26(25)32(35)36/h5-8,13-14H,9-12,15-18,27H2,1-4H3. The van der Waals surface area contributed by atoms with Gasteiger partial charge in [0.1, 0.15) is 34.4 Å². The summed E-state index contributed by atoms with van der Waals surface area (Å²) in [7, 11) is 7.91. The summed E-state index contributed by atoms with van der Waals surface area (Å²) in [5.74, 6) is 6.15. The molecule has 0 unspecified atom stereocenters. The van der Waals surface area contributed by atoms with E-state index in [2.05, 4.69) is 0 Å². The van der Waals surface area contributed by atoms with Crippen LogP contribution in [0.4, 0.5) is 22.7 Å². The largest absolute Gasteiger partial charge is 0.464 e. The van der Waals surface area contributed by atoms with E-state index in [1.54, 1.807) is 23.5 Å². The first-order chi connectivity index (χ1) is 19.0. The Balaban J connectivity index is 1.67. The summed E-state index contributed by atoms with van der Waals surface area (Å²) in [4.78, 5) is 27.9. The van der Waals surface area contributed by atoms with Crippen molar-refractivity contribution in [2.75, 3.05) is 63.4 Å². The molecule has 40 heavy (non-hydrogen) atoms. The van der Waals surface area contributed by atoms with Gasteiger partial charge in [-0.1, -0.05) is 0 Å². The molecule has 0 bridgehead atoms. The fraction of sp³-hybridized carbons (Fsp3) is 0.462. The Morgan fingerprint density at radius 3 is 1.62 bits per heavy atom. The highest BCUT2D eigenvalue weighted by Gasteiger charge is 2.26. The Kier molecular flexibility index (Phi) is 11.7. The molecule has 0 fully saturated rings. The van der Waals surface area contributed by atoms with Crippen molar-refractivity contribution in [1.29, 1.82) is 0 Å². The van der Waals surface area contributed by atoms with Crippen LogP contribution in [0, 0.1) is 20.2 Å². The van der Waals surface area contributed by atoms with Gasteiger partial charge in [-0.05, 0) is 58.5 Å². The van der Waals surface area contributed by atoms with Crippen LogP contribution in [-0.2, 0) is 24.6 Å². The van der Waals surface area contributed by atoms with Crippen LogP contribution in [-0.4, -0.2) is 72.4 Å². The second kappa shape index (κ2) is 15.0. The molecule has 0 saturated carbocycles. The van der Waals surface area contributed by atoms with Crippen LogP contribution in [0.1, 0.15) is 23.0 Å². The number of nitro benzene ring substituents is 2. The van der Waals surface area contributed by atoms with Crippen molar-refractivity contribution < 1.29 is 18.7 Å². The van der Waals surface area contributed by atoms with Crippen LogP contribution in [0.25, 0.3) is 0 Å². The number of nitrogen functional groups attached to an aromatic ring is 1. The fourth-order valence-corrected chi connectivity index (χ4v) is 5.68. The molecule has 1 aromatic carbocycles. The second-order valence-corrected chi connectivity index (χ2v) is 11.9. The van der Waals surface area contributed by atoms with E-state index in [4.69, 9.17) is 14.6 Å². The highest BCUT2D eigenvalue weighted by molar-refractivity contribution is 7.98. The maximum atomic E-state index is 11.9. The summed E-state index contributed by atoms with van der Waals surface area (Å²) in [5.41, 5.74) is 5.28. The minimum atomic E-state index is -0.704. The molecule has 2 N–H and O–H groups in total. The number of nitrogens with two attached hydrogens (primary N) is 1. The summed E-state index contributed by atoms with van der Waals surface area (Å²) in [6.07, 6.45) is 0. The molecule has 0 radical (unpaired) electrons. The van der Waals surface area contributed by atoms with Crippen molar-refractivity contribution in [2.24, 2.45) is 0 Å². The molecule has 14 heteroatoms. The lowest BCUT2D eigenvalue weighted by atomic mass is 10.2. The number of thioether (sulfide) groups is 2. The molecule has 0 aliphatic carbocycles. The number of nitrogens with zero attached hydrogens (tertiary/aromatic N) is 5. The molecule has 0 saturated heterocycles. The van der Waals surface area contributed by atoms with Crippen LogP contribution in [0.2, 0.25) is 0 Å². The first-order valence-corrected chi connectivity index (χ1v) is 14.9. The van der Waals surface area contributed by atoms with E-state index >= 15 is 0 Å². The molecule has 2 aromatic heterocycles. The highest BCUT2D eigenvalue weighted by Crippen LogP contribution is 2.37. The third-order valence-electron chi connectivity index (χ3n) is 5.74. The molecule has 0 aliphatic heterocycles. The molecule has 0 spiro atoms. The molecule has 0 aliphatic rings. The third kappa shape index (κ3) is 9.47. The number of benzene rings is 1. The maximum absolute atomic E-state index is 11.9. The number of furan rings is 2. The van der Waals surface area contributed by atoms with Crippen molar-refractivity contribution >= 4 is 46.3 Å². The van der Waals surface area contributed by atoms with Crippen molar-refractivity contribution in [3.63, 3.8) is 0 Å². The lowest BCUT2D eigenvalue weighted by Crippen LogP contribution is -2.29. The Morgan fingerprint density at radius 2 is 1.20 bits per heavy atom. The van der Waals surface area contributed by atoms with Crippen LogP contribution < -0.4 is 10.6 Å². The SMILES string of the molecule is CN(C)Cc1ccc(CSCCN(CCSCc2ccc(CN(C)C)o2)c2cc(N)c([N+](=O)[O-])cc2[N+](=O)[O-])o1. The van der Waals surface area contributed by atoms with Gasteiger partial charge < -0.3 is 29.3 Å². The molecule has 2 heterocycles. The monoisotopic (exact) mass is 592 g/mol. The van der Waals surface area contributed by atoms with Crippen molar-refractivity contribution in [3.8, 4) is 0 Å².